The zero-order chi connectivity index (χ0) is 7.35. The molecule has 0 spiro atoms. The van der Waals surface area contributed by atoms with E-state index in [0.717, 1.165) is 5.92 Å². The lowest BCUT2D eigenvalue weighted by Crippen LogP contribution is -2.45. The summed E-state index contributed by atoms with van der Waals surface area (Å²) in [6, 6.07) is 0. The summed E-state index contributed by atoms with van der Waals surface area (Å²) in [5.74, 6) is 2.68. The third-order valence-electron chi connectivity index (χ3n) is 3.43. The molecule has 0 aromatic carbocycles. The Morgan fingerprint density at radius 1 is 1.50 bits per heavy atom. The molecule has 0 nitrogen and oxygen atoms in total. The van der Waals surface area contributed by atoms with E-state index < -0.39 is 0 Å². The van der Waals surface area contributed by atoms with Crippen molar-refractivity contribution in [2.75, 3.05) is 0 Å². The lowest BCUT2D eigenvalue weighted by Gasteiger charge is -2.55. The summed E-state index contributed by atoms with van der Waals surface area (Å²) in [6.45, 7) is 7.02. The van der Waals surface area contributed by atoms with Crippen LogP contribution < -0.4 is 0 Å². The summed E-state index contributed by atoms with van der Waals surface area (Å²) < 4.78 is 0. The molecule has 0 aromatic heterocycles. The third-order valence-corrected chi connectivity index (χ3v) is 3.43. The van der Waals surface area contributed by atoms with Gasteiger partial charge in [0, 0.05) is 5.92 Å². The molecule has 1 atom stereocenters. The van der Waals surface area contributed by atoms with Gasteiger partial charge in [0.2, 0.25) is 0 Å². The molecule has 55 valence electrons. The molecule has 3 aliphatic rings. The zero-order valence-corrected chi connectivity index (χ0v) is 7.07. The number of rotatable bonds is 0. The molecule has 0 amide bonds. The average molecular weight is 135 g/mol. The van der Waals surface area contributed by atoms with Gasteiger partial charge in [-0.15, -0.1) is 0 Å². The fraction of sp³-hybridized carbons (Fsp3) is 0.700. The molecule has 0 heteroatoms. The highest BCUT2D eigenvalue weighted by molar-refractivity contribution is 5.38. The summed E-state index contributed by atoms with van der Waals surface area (Å²) in [4.78, 5) is 0. The van der Waals surface area contributed by atoms with Gasteiger partial charge in [-0.25, -0.2) is 0 Å². The molecule has 1 radical (unpaired) electrons. The largest absolute Gasteiger partial charge is 0.0847 e. The molecular weight excluding hydrogens is 120 g/mol. The Morgan fingerprint density at radius 2 is 2.20 bits per heavy atom. The van der Waals surface area contributed by atoms with E-state index in [1.807, 2.05) is 0 Å². The quantitative estimate of drug-likeness (QED) is 0.479. The van der Waals surface area contributed by atoms with Gasteiger partial charge in [0.15, 0.2) is 0 Å². The number of allylic oxidation sites excluding steroid dienone is 2. The van der Waals surface area contributed by atoms with Gasteiger partial charge in [0.05, 0.1) is 0 Å². The molecule has 2 bridgehead atoms. The molecule has 0 aliphatic heterocycles. The Bertz CT molecular complexity index is 186. The van der Waals surface area contributed by atoms with Gasteiger partial charge in [0.1, 0.15) is 0 Å². The van der Waals surface area contributed by atoms with Crippen LogP contribution in [0.1, 0.15) is 33.6 Å². The van der Waals surface area contributed by atoms with Crippen molar-refractivity contribution in [1.29, 1.82) is 0 Å². The Hall–Kier alpha value is -0.260. The minimum atomic E-state index is 0.554. The van der Waals surface area contributed by atoms with E-state index in [2.05, 4.69) is 26.8 Å². The lowest BCUT2D eigenvalue weighted by atomic mass is 9.49. The van der Waals surface area contributed by atoms with Crippen LogP contribution in [0.25, 0.3) is 0 Å². The summed E-state index contributed by atoms with van der Waals surface area (Å²) >= 11 is 0. The second kappa shape index (κ2) is 1.66. The molecule has 1 fully saturated rings. The second-order valence-electron chi connectivity index (χ2n) is 4.22. The van der Waals surface area contributed by atoms with Crippen molar-refractivity contribution in [3.8, 4) is 0 Å². The highest BCUT2D eigenvalue weighted by Gasteiger charge is 2.50. The lowest BCUT2D eigenvalue weighted by molar-refractivity contribution is 0.112. The van der Waals surface area contributed by atoms with Gasteiger partial charge in [-0.05, 0) is 31.1 Å². The van der Waals surface area contributed by atoms with E-state index in [-0.39, 0.29) is 0 Å². The van der Waals surface area contributed by atoms with Gasteiger partial charge in [-0.2, -0.15) is 0 Å². The van der Waals surface area contributed by atoms with Crippen LogP contribution in [0.3, 0.4) is 0 Å². The van der Waals surface area contributed by atoms with Crippen LogP contribution in [0, 0.1) is 17.3 Å². The first-order chi connectivity index (χ1) is 4.62. The molecular formula is C10H15. The van der Waals surface area contributed by atoms with E-state index in [1.165, 1.54) is 12.8 Å². The van der Waals surface area contributed by atoms with Gasteiger partial charge < -0.3 is 0 Å². The van der Waals surface area contributed by atoms with Gasteiger partial charge in [-0.3, -0.25) is 0 Å². The summed E-state index contributed by atoms with van der Waals surface area (Å²) in [5, 5.41) is 0. The Balaban J connectivity index is 2.30. The Labute approximate surface area is 63.3 Å². The maximum absolute atomic E-state index is 2.40. The monoisotopic (exact) mass is 135 g/mol. The fourth-order valence-corrected chi connectivity index (χ4v) is 2.37. The van der Waals surface area contributed by atoms with Crippen LogP contribution >= 0.6 is 0 Å². The first kappa shape index (κ1) is 6.45. The molecule has 1 saturated carbocycles. The second-order valence-corrected chi connectivity index (χ2v) is 4.22. The number of hydrogen-bond donors (Lipinski definition) is 0. The summed E-state index contributed by atoms with van der Waals surface area (Å²) in [5.41, 5.74) is 2.12. The van der Waals surface area contributed by atoms with E-state index in [0.29, 0.717) is 5.41 Å². The molecule has 0 heterocycles. The molecule has 0 aromatic rings. The molecule has 0 N–H and O–H groups in total. The van der Waals surface area contributed by atoms with Crippen LogP contribution in [0.15, 0.2) is 11.6 Å². The first-order valence-electron chi connectivity index (χ1n) is 4.16. The van der Waals surface area contributed by atoms with E-state index in [9.17, 15) is 0 Å². The molecule has 1 unspecified atom stereocenters. The van der Waals surface area contributed by atoms with E-state index in [4.69, 9.17) is 0 Å². The Kier molecular flexibility index (Phi) is 1.07. The van der Waals surface area contributed by atoms with Gasteiger partial charge >= 0.3 is 0 Å². The number of fused-ring (bicyclic) bond motifs is 1. The van der Waals surface area contributed by atoms with Crippen molar-refractivity contribution >= 4 is 0 Å². The smallest absolute Gasteiger partial charge is 0.00647 e. The average Bonchev–Trinajstić information content (AvgIpc) is 1.87. The van der Waals surface area contributed by atoms with Gasteiger partial charge in [0.25, 0.3) is 0 Å². The van der Waals surface area contributed by atoms with Crippen molar-refractivity contribution in [1.82, 2.24) is 0 Å². The SMILES string of the molecule is CC1=CCC2C[C]1C2(C)C. The van der Waals surface area contributed by atoms with Crippen LogP contribution in [0.5, 0.6) is 0 Å². The van der Waals surface area contributed by atoms with Crippen molar-refractivity contribution in [2.24, 2.45) is 11.3 Å². The van der Waals surface area contributed by atoms with Crippen LogP contribution in [0.2, 0.25) is 0 Å². The maximum Gasteiger partial charge on any atom is 0.00647 e. The van der Waals surface area contributed by atoms with Crippen molar-refractivity contribution in [3.63, 3.8) is 0 Å². The van der Waals surface area contributed by atoms with E-state index in [1.54, 1.807) is 11.5 Å². The predicted molar refractivity (Wildman–Crippen MR) is 43.5 cm³/mol. The topological polar surface area (TPSA) is 0 Å². The van der Waals surface area contributed by atoms with Gasteiger partial charge in [-0.1, -0.05) is 25.5 Å². The standard InChI is InChI=1S/C10H15/c1-7-4-5-8-6-9(7)10(8,2)3/h4,8H,5-6H2,1-3H3. The normalized spacial score (nSPS) is 36.7. The first-order valence-corrected chi connectivity index (χ1v) is 4.16. The minimum absolute atomic E-state index is 0.554. The third kappa shape index (κ3) is 0.574. The summed E-state index contributed by atoms with van der Waals surface area (Å²) in [6.07, 6.45) is 5.10. The van der Waals surface area contributed by atoms with E-state index >= 15 is 0 Å². The van der Waals surface area contributed by atoms with Crippen molar-refractivity contribution in [2.45, 2.75) is 33.6 Å². The Morgan fingerprint density at radius 3 is 2.50 bits per heavy atom. The molecule has 10 heavy (non-hydrogen) atoms. The molecule has 3 rings (SSSR count). The van der Waals surface area contributed by atoms with Crippen LogP contribution in [-0.2, 0) is 0 Å². The fourth-order valence-electron chi connectivity index (χ4n) is 2.37. The summed E-state index contributed by atoms with van der Waals surface area (Å²) in [7, 11) is 0. The highest BCUT2D eigenvalue weighted by Crippen LogP contribution is 2.60. The number of hydrogen-bond acceptors (Lipinski definition) is 0. The molecule has 3 aliphatic carbocycles. The van der Waals surface area contributed by atoms with Crippen molar-refractivity contribution in [3.05, 3.63) is 17.6 Å². The predicted octanol–water partition coefficient (Wildman–Crippen LogP) is 2.96. The van der Waals surface area contributed by atoms with Crippen molar-refractivity contribution < 1.29 is 0 Å². The molecule has 0 saturated heterocycles. The maximum atomic E-state index is 2.40. The zero-order valence-electron chi connectivity index (χ0n) is 7.07. The highest BCUT2D eigenvalue weighted by atomic mass is 14.5. The minimum Gasteiger partial charge on any atom is -0.0847 e. The van der Waals surface area contributed by atoms with Crippen LogP contribution in [-0.4, -0.2) is 0 Å². The van der Waals surface area contributed by atoms with Crippen LogP contribution in [0.4, 0.5) is 0 Å².